The largest absolute Gasteiger partial charge is 0.384 e. The molecule has 0 aromatic rings. The van der Waals surface area contributed by atoms with E-state index in [1.165, 1.54) is 19.3 Å². The monoisotopic (exact) mass is 180 g/mol. The molecule has 1 heteroatoms. The Morgan fingerprint density at radius 3 is 1.85 bits per heavy atom. The van der Waals surface area contributed by atoms with Gasteiger partial charge in [-0.15, -0.1) is 0 Å². The minimum atomic E-state index is 0.628. The molecule has 0 radical (unpaired) electrons. The molecule has 0 N–H and O–H groups in total. The van der Waals surface area contributed by atoms with Crippen molar-refractivity contribution in [3.05, 3.63) is 0 Å². The lowest BCUT2D eigenvalue weighted by Crippen LogP contribution is -2.48. The van der Waals surface area contributed by atoms with Gasteiger partial charge in [0, 0.05) is 7.11 Å². The lowest BCUT2D eigenvalue weighted by Gasteiger charge is -2.56. The van der Waals surface area contributed by atoms with Crippen molar-refractivity contribution in [1.82, 2.24) is 0 Å². The second-order valence-corrected chi connectivity index (χ2v) is 5.85. The Bertz CT molecular complexity index is 174. The highest BCUT2D eigenvalue weighted by Gasteiger charge is 2.50. The molecule has 0 amide bonds. The second-order valence-electron chi connectivity index (χ2n) is 5.85. The molecule has 0 unspecified atom stereocenters. The van der Waals surface area contributed by atoms with Crippen molar-refractivity contribution in [2.75, 3.05) is 13.7 Å². The molecule has 74 valence electrons. The summed E-state index contributed by atoms with van der Waals surface area (Å²) in [6.45, 7) is 1.04. The molecule has 0 aromatic heterocycles. The predicted octanol–water partition coefficient (Wildman–Crippen LogP) is 2.85. The van der Waals surface area contributed by atoms with E-state index >= 15 is 0 Å². The minimum Gasteiger partial charge on any atom is -0.384 e. The first-order valence-corrected chi connectivity index (χ1v) is 5.79. The Labute approximate surface area is 80.8 Å². The van der Waals surface area contributed by atoms with E-state index in [1.54, 1.807) is 19.3 Å². The van der Waals surface area contributed by atoms with Crippen molar-refractivity contribution >= 4 is 0 Å². The molecule has 4 aliphatic carbocycles. The van der Waals surface area contributed by atoms with Crippen LogP contribution < -0.4 is 0 Å². The Balaban J connectivity index is 1.83. The van der Waals surface area contributed by atoms with E-state index < -0.39 is 0 Å². The molecule has 13 heavy (non-hydrogen) atoms. The number of methoxy groups -OCH3 is 1. The van der Waals surface area contributed by atoms with E-state index in [0.717, 1.165) is 24.4 Å². The molecule has 4 fully saturated rings. The van der Waals surface area contributed by atoms with Crippen LogP contribution in [0.15, 0.2) is 0 Å². The van der Waals surface area contributed by atoms with Gasteiger partial charge in [0.1, 0.15) is 0 Å². The van der Waals surface area contributed by atoms with Gasteiger partial charge in [-0.3, -0.25) is 0 Å². The fourth-order valence-corrected chi connectivity index (χ4v) is 4.77. The summed E-state index contributed by atoms with van der Waals surface area (Å²) in [5.74, 6) is 3.21. The minimum absolute atomic E-state index is 0.628. The first-order chi connectivity index (χ1) is 6.30. The van der Waals surface area contributed by atoms with Crippen LogP contribution in [0.2, 0.25) is 0 Å². The first kappa shape index (κ1) is 8.28. The van der Waals surface area contributed by atoms with Gasteiger partial charge < -0.3 is 4.74 Å². The topological polar surface area (TPSA) is 9.23 Å². The average Bonchev–Trinajstić information content (AvgIpc) is 2.00. The van der Waals surface area contributed by atoms with E-state index in [1.807, 2.05) is 7.11 Å². The van der Waals surface area contributed by atoms with Crippen LogP contribution in [-0.2, 0) is 4.74 Å². The Hall–Kier alpha value is -0.0400. The van der Waals surface area contributed by atoms with Crippen LogP contribution in [0.3, 0.4) is 0 Å². The van der Waals surface area contributed by atoms with E-state index in [9.17, 15) is 0 Å². The Morgan fingerprint density at radius 2 is 1.46 bits per heavy atom. The maximum Gasteiger partial charge on any atom is 0.0518 e. The van der Waals surface area contributed by atoms with Gasteiger partial charge in [0.05, 0.1) is 6.61 Å². The number of rotatable bonds is 2. The van der Waals surface area contributed by atoms with Crippen molar-refractivity contribution in [2.45, 2.75) is 38.5 Å². The summed E-state index contributed by atoms with van der Waals surface area (Å²) in [5, 5.41) is 0. The third-order valence-electron chi connectivity index (χ3n) is 4.62. The van der Waals surface area contributed by atoms with E-state index in [4.69, 9.17) is 4.74 Å². The van der Waals surface area contributed by atoms with Crippen LogP contribution in [0.25, 0.3) is 0 Å². The Morgan fingerprint density at radius 1 is 1.00 bits per heavy atom. The molecule has 0 aliphatic heterocycles. The van der Waals surface area contributed by atoms with Crippen LogP contribution in [0, 0.1) is 23.2 Å². The average molecular weight is 180 g/mol. The number of ether oxygens (including phenoxy) is 1. The quantitative estimate of drug-likeness (QED) is 0.635. The molecule has 4 saturated carbocycles. The lowest BCUT2D eigenvalue weighted by atomic mass is 9.50. The predicted molar refractivity (Wildman–Crippen MR) is 52.5 cm³/mol. The Kier molecular flexibility index (Phi) is 1.74. The third kappa shape index (κ3) is 1.24. The third-order valence-corrected chi connectivity index (χ3v) is 4.62. The summed E-state index contributed by atoms with van der Waals surface area (Å²) in [6, 6.07) is 0. The van der Waals surface area contributed by atoms with Crippen molar-refractivity contribution in [2.24, 2.45) is 23.2 Å². The maximum absolute atomic E-state index is 5.43. The molecule has 4 aliphatic rings. The van der Waals surface area contributed by atoms with Crippen molar-refractivity contribution in [3.63, 3.8) is 0 Å². The zero-order chi connectivity index (χ0) is 8.89. The molecule has 0 spiro atoms. The molecule has 0 aromatic carbocycles. The van der Waals surface area contributed by atoms with Crippen molar-refractivity contribution in [1.29, 1.82) is 0 Å². The lowest BCUT2D eigenvalue weighted by molar-refractivity contribution is -0.0882. The molecule has 4 bridgehead atoms. The van der Waals surface area contributed by atoms with E-state index in [0.29, 0.717) is 5.41 Å². The smallest absolute Gasteiger partial charge is 0.0518 e. The number of hydrogen-bond donors (Lipinski definition) is 0. The van der Waals surface area contributed by atoms with E-state index in [2.05, 4.69) is 0 Å². The van der Waals surface area contributed by atoms with Gasteiger partial charge in [0.2, 0.25) is 0 Å². The molecule has 0 atom stereocenters. The summed E-state index contributed by atoms with van der Waals surface area (Å²) in [4.78, 5) is 0. The summed E-state index contributed by atoms with van der Waals surface area (Å²) in [6.07, 6.45) is 9.07. The second kappa shape index (κ2) is 2.73. The highest BCUT2D eigenvalue weighted by Crippen LogP contribution is 2.59. The summed E-state index contributed by atoms with van der Waals surface area (Å²) >= 11 is 0. The summed E-state index contributed by atoms with van der Waals surface area (Å²) in [5.41, 5.74) is 0.628. The van der Waals surface area contributed by atoms with Gasteiger partial charge in [0.15, 0.2) is 0 Å². The van der Waals surface area contributed by atoms with Crippen LogP contribution in [0.1, 0.15) is 38.5 Å². The summed E-state index contributed by atoms with van der Waals surface area (Å²) < 4.78 is 5.43. The molecular weight excluding hydrogens is 160 g/mol. The van der Waals surface area contributed by atoms with Gasteiger partial charge in [-0.25, -0.2) is 0 Å². The van der Waals surface area contributed by atoms with Crippen LogP contribution in [0.5, 0.6) is 0 Å². The first-order valence-electron chi connectivity index (χ1n) is 5.79. The zero-order valence-corrected chi connectivity index (χ0v) is 8.59. The number of hydrogen-bond acceptors (Lipinski definition) is 1. The van der Waals surface area contributed by atoms with Gasteiger partial charge in [-0.2, -0.15) is 0 Å². The van der Waals surface area contributed by atoms with Crippen LogP contribution >= 0.6 is 0 Å². The van der Waals surface area contributed by atoms with Crippen LogP contribution in [-0.4, -0.2) is 13.7 Å². The maximum atomic E-state index is 5.43. The SMILES string of the molecule is COCC12CC3CC(CC(C3)C1)C2. The standard InChI is InChI=1S/C12H20O/c1-13-8-12-5-9-2-10(6-12)4-11(3-9)7-12/h9-11H,2-8H2,1H3. The molecule has 0 heterocycles. The van der Waals surface area contributed by atoms with Gasteiger partial charge >= 0.3 is 0 Å². The highest BCUT2D eigenvalue weighted by molar-refractivity contribution is 5.01. The molecule has 1 nitrogen and oxygen atoms in total. The fraction of sp³-hybridized carbons (Fsp3) is 1.00. The van der Waals surface area contributed by atoms with Crippen molar-refractivity contribution < 1.29 is 4.74 Å². The van der Waals surface area contributed by atoms with Gasteiger partial charge in [0.25, 0.3) is 0 Å². The van der Waals surface area contributed by atoms with Crippen molar-refractivity contribution in [3.8, 4) is 0 Å². The van der Waals surface area contributed by atoms with Gasteiger partial charge in [-0.05, 0) is 61.7 Å². The zero-order valence-electron chi connectivity index (χ0n) is 8.59. The van der Waals surface area contributed by atoms with Crippen LogP contribution in [0.4, 0.5) is 0 Å². The van der Waals surface area contributed by atoms with E-state index in [-0.39, 0.29) is 0 Å². The highest BCUT2D eigenvalue weighted by atomic mass is 16.5. The molecule has 0 saturated heterocycles. The fourth-order valence-electron chi connectivity index (χ4n) is 4.77. The van der Waals surface area contributed by atoms with Gasteiger partial charge in [-0.1, -0.05) is 0 Å². The molecular formula is C12H20O. The summed E-state index contributed by atoms with van der Waals surface area (Å²) in [7, 11) is 1.87. The normalized spacial score (nSPS) is 52.8. The molecule has 4 rings (SSSR count).